The molecule has 1 saturated heterocycles. The summed E-state index contributed by atoms with van der Waals surface area (Å²) in [5.74, 6) is 5.58. The van der Waals surface area contributed by atoms with E-state index in [0.29, 0.717) is 18.0 Å². The van der Waals surface area contributed by atoms with E-state index in [4.69, 9.17) is 9.84 Å². The molecular formula is C14H16N2O3. The Balaban J connectivity index is 2.04. The Hall–Kier alpha value is -1.90. The summed E-state index contributed by atoms with van der Waals surface area (Å²) < 4.78 is 5.37. The highest BCUT2D eigenvalue weighted by atomic mass is 16.5. The highest BCUT2D eigenvalue weighted by Crippen LogP contribution is 2.21. The monoisotopic (exact) mass is 260 g/mol. The largest absolute Gasteiger partial charge is 0.384 e. The minimum absolute atomic E-state index is 0.0580. The molecule has 1 aromatic rings. The lowest BCUT2D eigenvalue weighted by Gasteiger charge is -2.13. The standard InChI is InChI=1S/C14H16N2O3/c1-10-12(5-8-19-10)14(18)16-13-9-11(3-2-7-17)4-6-15-13/h4,6,9-10,12,17H,5,7-8H2,1H3,(H,15,16,18). The van der Waals surface area contributed by atoms with Crippen molar-refractivity contribution in [3.63, 3.8) is 0 Å². The predicted octanol–water partition coefficient (Wildman–Crippen LogP) is 0.789. The molecule has 5 heteroatoms. The quantitative estimate of drug-likeness (QED) is 0.771. The van der Waals surface area contributed by atoms with E-state index < -0.39 is 0 Å². The Labute approximate surface area is 112 Å². The molecule has 1 aromatic heterocycles. The molecule has 5 nitrogen and oxygen atoms in total. The normalized spacial score (nSPS) is 21.6. The van der Waals surface area contributed by atoms with Crippen LogP contribution in [0.5, 0.6) is 0 Å². The third kappa shape index (κ3) is 3.53. The molecule has 0 bridgehead atoms. The number of aromatic nitrogens is 1. The smallest absolute Gasteiger partial charge is 0.231 e. The van der Waals surface area contributed by atoms with Gasteiger partial charge < -0.3 is 15.2 Å². The lowest BCUT2D eigenvalue weighted by molar-refractivity contribution is -0.121. The maximum Gasteiger partial charge on any atom is 0.231 e. The molecule has 100 valence electrons. The maximum atomic E-state index is 12.0. The van der Waals surface area contributed by atoms with E-state index in [-0.39, 0.29) is 24.5 Å². The molecule has 0 aromatic carbocycles. The molecule has 19 heavy (non-hydrogen) atoms. The molecule has 2 unspecified atom stereocenters. The zero-order valence-electron chi connectivity index (χ0n) is 10.7. The Bertz CT molecular complexity index is 519. The number of aliphatic hydroxyl groups excluding tert-OH is 1. The number of nitrogens with zero attached hydrogens (tertiary/aromatic N) is 1. The van der Waals surface area contributed by atoms with Gasteiger partial charge in [-0.05, 0) is 25.5 Å². The fourth-order valence-corrected chi connectivity index (χ4v) is 2.01. The number of hydrogen-bond acceptors (Lipinski definition) is 4. The highest BCUT2D eigenvalue weighted by Gasteiger charge is 2.30. The molecule has 2 rings (SSSR count). The minimum atomic E-state index is -0.194. The number of rotatable bonds is 2. The van der Waals surface area contributed by atoms with Gasteiger partial charge in [-0.2, -0.15) is 0 Å². The average molecular weight is 260 g/mol. The lowest BCUT2D eigenvalue weighted by Crippen LogP contribution is -2.28. The zero-order chi connectivity index (χ0) is 13.7. The van der Waals surface area contributed by atoms with E-state index >= 15 is 0 Å². The summed E-state index contributed by atoms with van der Waals surface area (Å²) in [5.41, 5.74) is 0.704. The summed E-state index contributed by atoms with van der Waals surface area (Å²) in [4.78, 5) is 16.1. The Kier molecular flexibility index (Phi) is 4.50. The number of carbonyl (C=O) groups is 1. The number of hydrogen-bond donors (Lipinski definition) is 2. The molecule has 1 fully saturated rings. The fourth-order valence-electron chi connectivity index (χ4n) is 2.01. The van der Waals surface area contributed by atoms with Crippen molar-refractivity contribution in [3.05, 3.63) is 23.9 Å². The van der Waals surface area contributed by atoms with Crippen molar-refractivity contribution in [2.75, 3.05) is 18.5 Å². The van der Waals surface area contributed by atoms with Crippen LogP contribution in [0, 0.1) is 17.8 Å². The molecule has 1 amide bonds. The molecular weight excluding hydrogens is 244 g/mol. The zero-order valence-corrected chi connectivity index (χ0v) is 10.7. The van der Waals surface area contributed by atoms with Crippen LogP contribution in [0.4, 0.5) is 5.82 Å². The number of ether oxygens (including phenoxy) is 1. The van der Waals surface area contributed by atoms with Crippen molar-refractivity contribution < 1.29 is 14.6 Å². The summed E-state index contributed by atoms with van der Waals surface area (Å²) >= 11 is 0. The van der Waals surface area contributed by atoms with Crippen LogP contribution in [0.1, 0.15) is 18.9 Å². The Morgan fingerprint density at radius 1 is 1.68 bits per heavy atom. The van der Waals surface area contributed by atoms with Crippen LogP contribution in [-0.4, -0.2) is 35.3 Å². The van der Waals surface area contributed by atoms with Gasteiger partial charge in [0.15, 0.2) is 0 Å². The van der Waals surface area contributed by atoms with Crippen molar-refractivity contribution in [1.82, 2.24) is 4.98 Å². The molecule has 2 atom stereocenters. The van der Waals surface area contributed by atoms with Crippen LogP contribution in [-0.2, 0) is 9.53 Å². The molecule has 1 aliphatic rings. The molecule has 0 aliphatic carbocycles. The van der Waals surface area contributed by atoms with E-state index in [1.807, 2.05) is 6.92 Å². The first kappa shape index (κ1) is 13.5. The van der Waals surface area contributed by atoms with E-state index in [2.05, 4.69) is 22.1 Å². The SMILES string of the molecule is CC1OCCC1C(=O)Nc1cc(C#CCO)ccn1. The van der Waals surface area contributed by atoms with Crippen molar-refractivity contribution in [1.29, 1.82) is 0 Å². The first-order valence-electron chi connectivity index (χ1n) is 6.19. The second-order valence-corrected chi connectivity index (χ2v) is 4.35. The van der Waals surface area contributed by atoms with Crippen LogP contribution >= 0.6 is 0 Å². The first-order valence-corrected chi connectivity index (χ1v) is 6.19. The molecule has 1 aliphatic heterocycles. The number of aliphatic hydroxyl groups is 1. The number of nitrogens with one attached hydrogen (secondary N) is 1. The molecule has 0 spiro atoms. The van der Waals surface area contributed by atoms with Gasteiger partial charge in [0, 0.05) is 18.4 Å². The van der Waals surface area contributed by atoms with E-state index in [1.165, 1.54) is 0 Å². The molecule has 2 heterocycles. The van der Waals surface area contributed by atoms with Gasteiger partial charge in [-0.25, -0.2) is 4.98 Å². The van der Waals surface area contributed by atoms with Gasteiger partial charge in [-0.3, -0.25) is 4.79 Å². The topological polar surface area (TPSA) is 71.5 Å². The first-order chi connectivity index (χ1) is 9.20. The van der Waals surface area contributed by atoms with Gasteiger partial charge >= 0.3 is 0 Å². The summed E-state index contributed by atoms with van der Waals surface area (Å²) in [7, 11) is 0. The Morgan fingerprint density at radius 3 is 3.21 bits per heavy atom. The van der Waals surface area contributed by atoms with Crippen molar-refractivity contribution in [2.24, 2.45) is 5.92 Å². The third-order valence-corrected chi connectivity index (χ3v) is 3.04. The summed E-state index contributed by atoms with van der Waals surface area (Å²) in [6.45, 7) is 2.32. The summed E-state index contributed by atoms with van der Waals surface area (Å²) in [6, 6.07) is 3.40. The second kappa shape index (κ2) is 6.32. The molecule has 0 radical (unpaired) electrons. The van der Waals surface area contributed by atoms with Gasteiger partial charge in [-0.1, -0.05) is 11.8 Å². The van der Waals surface area contributed by atoms with Crippen molar-refractivity contribution in [2.45, 2.75) is 19.4 Å². The van der Waals surface area contributed by atoms with Gasteiger partial charge in [-0.15, -0.1) is 0 Å². The lowest BCUT2D eigenvalue weighted by atomic mass is 10.0. The molecule has 2 N–H and O–H groups in total. The number of carbonyl (C=O) groups excluding carboxylic acids is 1. The third-order valence-electron chi connectivity index (χ3n) is 3.04. The van der Waals surface area contributed by atoms with Crippen LogP contribution in [0.2, 0.25) is 0 Å². The average Bonchev–Trinajstić information content (AvgIpc) is 2.83. The van der Waals surface area contributed by atoms with Crippen molar-refractivity contribution >= 4 is 11.7 Å². The van der Waals surface area contributed by atoms with E-state index in [1.54, 1.807) is 18.3 Å². The molecule has 0 saturated carbocycles. The second-order valence-electron chi connectivity index (χ2n) is 4.35. The minimum Gasteiger partial charge on any atom is -0.384 e. The van der Waals surface area contributed by atoms with Crippen LogP contribution < -0.4 is 5.32 Å². The maximum absolute atomic E-state index is 12.0. The van der Waals surface area contributed by atoms with E-state index in [0.717, 1.165) is 6.42 Å². The number of amides is 1. The number of pyridine rings is 1. The Morgan fingerprint density at radius 2 is 2.53 bits per heavy atom. The van der Waals surface area contributed by atoms with Crippen LogP contribution in [0.3, 0.4) is 0 Å². The number of anilines is 1. The van der Waals surface area contributed by atoms with Crippen molar-refractivity contribution in [3.8, 4) is 11.8 Å². The van der Waals surface area contributed by atoms with Gasteiger partial charge in [0.2, 0.25) is 5.91 Å². The highest BCUT2D eigenvalue weighted by molar-refractivity contribution is 5.92. The van der Waals surface area contributed by atoms with E-state index in [9.17, 15) is 4.79 Å². The van der Waals surface area contributed by atoms with Gasteiger partial charge in [0.1, 0.15) is 12.4 Å². The fraction of sp³-hybridized carbons (Fsp3) is 0.429. The summed E-state index contributed by atoms with van der Waals surface area (Å²) in [6.07, 6.45) is 2.25. The van der Waals surface area contributed by atoms with Crippen LogP contribution in [0.15, 0.2) is 18.3 Å². The predicted molar refractivity (Wildman–Crippen MR) is 70.4 cm³/mol. The van der Waals surface area contributed by atoms with Gasteiger partial charge in [0.05, 0.1) is 12.0 Å². The van der Waals surface area contributed by atoms with Gasteiger partial charge in [0.25, 0.3) is 0 Å². The van der Waals surface area contributed by atoms with Crippen LogP contribution in [0.25, 0.3) is 0 Å². The summed E-state index contributed by atoms with van der Waals surface area (Å²) in [5, 5.41) is 11.4.